The molecule has 0 radical (unpaired) electrons. The zero-order valence-electron chi connectivity index (χ0n) is 12.7. The van der Waals surface area contributed by atoms with Gasteiger partial charge in [0.2, 0.25) is 0 Å². The molecule has 0 saturated carbocycles. The summed E-state index contributed by atoms with van der Waals surface area (Å²) in [7, 11) is 0. The van der Waals surface area contributed by atoms with Crippen LogP contribution in [0, 0.1) is 13.8 Å². The van der Waals surface area contributed by atoms with Gasteiger partial charge < -0.3 is 14.8 Å². The SMILES string of the molecule is Cc1c(C)n(CCCCCCO)c2ccc(C(=O)O)cc12. The molecule has 0 fully saturated rings. The molecule has 2 N–H and O–H groups in total. The lowest BCUT2D eigenvalue weighted by Gasteiger charge is -2.08. The van der Waals surface area contributed by atoms with E-state index in [4.69, 9.17) is 10.2 Å². The number of aliphatic hydroxyl groups is 1. The smallest absolute Gasteiger partial charge is 0.335 e. The van der Waals surface area contributed by atoms with Crippen molar-refractivity contribution >= 4 is 16.9 Å². The Morgan fingerprint density at radius 1 is 1.14 bits per heavy atom. The molecular weight excluding hydrogens is 266 g/mol. The monoisotopic (exact) mass is 289 g/mol. The average molecular weight is 289 g/mol. The lowest BCUT2D eigenvalue weighted by atomic mass is 10.1. The van der Waals surface area contributed by atoms with Gasteiger partial charge in [-0.15, -0.1) is 0 Å². The van der Waals surface area contributed by atoms with Crippen LogP contribution in [-0.4, -0.2) is 27.4 Å². The van der Waals surface area contributed by atoms with Crippen molar-refractivity contribution < 1.29 is 15.0 Å². The Morgan fingerprint density at radius 3 is 2.52 bits per heavy atom. The standard InChI is InChI=1S/C17H23NO3/c1-12-13(2)18(9-5-3-4-6-10-19)16-8-7-14(17(20)21)11-15(12)16/h7-8,11,19H,3-6,9-10H2,1-2H3,(H,20,21). The first-order valence-electron chi connectivity index (χ1n) is 7.50. The van der Waals surface area contributed by atoms with Crippen molar-refractivity contribution in [2.45, 2.75) is 46.1 Å². The summed E-state index contributed by atoms with van der Waals surface area (Å²) in [5, 5.41) is 18.9. The summed E-state index contributed by atoms with van der Waals surface area (Å²) in [4.78, 5) is 11.1. The largest absolute Gasteiger partial charge is 0.478 e. The third-order valence-corrected chi connectivity index (χ3v) is 4.18. The number of carboxylic acid groups (broad SMARTS) is 1. The lowest BCUT2D eigenvalue weighted by Crippen LogP contribution is -2.01. The molecular formula is C17H23NO3. The van der Waals surface area contributed by atoms with Crippen LogP contribution in [0.4, 0.5) is 0 Å². The molecule has 4 heteroatoms. The molecule has 0 unspecified atom stereocenters. The maximum absolute atomic E-state index is 11.1. The fraction of sp³-hybridized carbons (Fsp3) is 0.471. The molecule has 4 nitrogen and oxygen atoms in total. The normalized spacial score (nSPS) is 11.2. The van der Waals surface area contributed by atoms with Gasteiger partial charge in [0.1, 0.15) is 0 Å². The summed E-state index contributed by atoms with van der Waals surface area (Å²) in [6.07, 6.45) is 4.10. The fourth-order valence-corrected chi connectivity index (χ4v) is 2.81. The molecule has 2 rings (SSSR count). The highest BCUT2D eigenvalue weighted by molar-refractivity contribution is 5.95. The second-order valence-electron chi connectivity index (χ2n) is 5.54. The van der Waals surface area contributed by atoms with Crippen molar-refractivity contribution in [3.05, 3.63) is 35.0 Å². The third-order valence-electron chi connectivity index (χ3n) is 4.18. The molecule has 0 spiro atoms. The number of carbonyl (C=O) groups is 1. The number of hydrogen-bond donors (Lipinski definition) is 2. The number of nitrogens with zero attached hydrogens (tertiary/aromatic N) is 1. The van der Waals surface area contributed by atoms with E-state index in [1.165, 1.54) is 5.69 Å². The lowest BCUT2D eigenvalue weighted by molar-refractivity contribution is 0.0697. The summed E-state index contributed by atoms with van der Waals surface area (Å²) in [6, 6.07) is 5.35. The van der Waals surface area contributed by atoms with Gasteiger partial charge in [-0.05, 0) is 50.5 Å². The van der Waals surface area contributed by atoms with Gasteiger partial charge in [-0.3, -0.25) is 0 Å². The summed E-state index contributed by atoms with van der Waals surface area (Å²) in [6.45, 7) is 5.34. The summed E-state index contributed by atoms with van der Waals surface area (Å²) in [5.41, 5.74) is 3.81. The Morgan fingerprint density at radius 2 is 1.86 bits per heavy atom. The van der Waals surface area contributed by atoms with Crippen molar-refractivity contribution in [3.63, 3.8) is 0 Å². The molecule has 0 aliphatic rings. The van der Waals surface area contributed by atoms with Crippen molar-refractivity contribution in [2.24, 2.45) is 0 Å². The molecule has 114 valence electrons. The van der Waals surface area contributed by atoms with Crippen LogP contribution in [0.3, 0.4) is 0 Å². The Kier molecular flexibility index (Phi) is 5.02. The Hall–Kier alpha value is -1.81. The van der Waals surface area contributed by atoms with E-state index in [1.807, 2.05) is 13.0 Å². The maximum Gasteiger partial charge on any atom is 0.335 e. The molecule has 0 aliphatic carbocycles. The molecule has 2 aromatic rings. The van der Waals surface area contributed by atoms with Gasteiger partial charge in [0.15, 0.2) is 0 Å². The van der Waals surface area contributed by atoms with E-state index in [9.17, 15) is 4.79 Å². The minimum Gasteiger partial charge on any atom is -0.478 e. The van der Waals surface area contributed by atoms with Crippen LogP contribution in [-0.2, 0) is 6.54 Å². The van der Waals surface area contributed by atoms with Crippen LogP contribution in [0.1, 0.15) is 47.3 Å². The van der Waals surface area contributed by atoms with E-state index in [2.05, 4.69) is 11.5 Å². The number of carboxylic acids is 1. The first-order valence-corrected chi connectivity index (χ1v) is 7.50. The quantitative estimate of drug-likeness (QED) is 0.767. The topological polar surface area (TPSA) is 62.5 Å². The van der Waals surface area contributed by atoms with Gasteiger partial charge >= 0.3 is 5.97 Å². The second kappa shape index (κ2) is 6.76. The minimum atomic E-state index is -0.884. The van der Waals surface area contributed by atoms with Crippen molar-refractivity contribution in [2.75, 3.05) is 6.61 Å². The third kappa shape index (κ3) is 3.27. The van der Waals surface area contributed by atoms with Crippen LogP contribution in [0.2, 0.25) is 0 Å². The Balaban J connectivity index is 2.23. The molecule has 21 heavy (non-hydrogen) atoms. The van der Waals surface area contributed by atoms with E-state index >= 15 is 0 Å². The van der Waals surface area contributed by atoms with Gasteiger partial charge in [-0.1, -0.05) is 12.8 Å². The van der Waals surface area contributed by atoms with Gasteiger partial charge in [0.05, 0.1) is 5.56 Å². The van der Waals surface area contributed by atoms with Crippen LogP contribution in [0.25, 0.3) is 10.9 Å². The number of hydrogen-bond acceptors (Lipinski definition) is 2. The highest BCUT2D eigenvalue weighted by Crippen LogP contribution is 2.27. The van der Waals surface area contributed by atoms with Crippen molar-refractivity contribution in [3.8, 4) is 0 Å². The molecule has 1 heterocycles. The number of aromatic carboxylic acids is 1. The van der Waals surface area contributed by atoms with Crippen molar-refractivity contribution in [1.29, 1.82) is 0 Å². The van der Waals surface area contributed by atoms with Crippen LogP contribution >= 0.6 is 0 Å². The number of aliphatic hydroxyl groups excluding tert-OH is 1. The predicted octanol–water partition coefficient (Wildman–Crippen LogP) is 3.51. The molecule has 1 aromatic carbocycles. The minimum absolute atomic E-state index is 0.266. The number of benzene rings is 1. The van der Waals surface area contributed by atoms with E-state index in [0.717, 1.165) is 48.7 Å². The molecule has 0 aliphatic heterocycles. The van der Waals surface area contributed by atoms with E-state index in [-0.39, 0.29) is 6.61 Å². The van der Waals surface area contributed by atoms with Crippen LogP contribution < -0.4 is 0 Å². The zero-order valence-corrected chi connectivity index (χ0v) is 12.7. The summed E-state index contributed by atoms with van der Waals surface area (Å²) < 4.78 is 2.27. The number of fused-ring (bicyclic) bond motifs is 1. The van der Waals surface area contributed by atoms with E-state index in [1.54, 1.807) is 12.1 Å². The molecule has 0 amide bonds. The number of aryl methyl sites for hydroxylation is 2. The highest BCUT2D eigenvalue weighted by Gasteiger charge is 2.13. The van der Waals surface area contributed by atoms with Crippen LogP contribution in [0.5, 0.6) is 0 Å². The molecule has 1 aromatic heterocycles. The molecule has 0 atom stereocenters. The average Bonchev–Trinajstić information content (AvgIpc) is 2.71. The summed E-state index contributed by atoms with van der Waals surface area (Å²) in [5.74, 6) is -0.884. The summed E-state index contributed by atoms with van der Waals surface area (Å²) >= 11 is 0. The first kappa shape index (κ1) is 15.6. The van der Waals surface area contributed by atoms with Crippen LogP contribution in [0.15, 0.2) is 18.2 Å². The number of unbranched alkanes of at least 4 members (excludes halogenated alkanes) is 3. The van der Waals surface area contributed by atoms with Gasteiger partial charge in [-0.2, -0.15) is 0 Å². The fourth-order valence-electron chi connectivity index (χ4n) is 2.81. The highest BCUT2D eigenvalue weighted by atomic mass is 16.4. The van der Waals surface area contributed by atoms with Crippen molar-refractivity contribution in [1.82, 2.24) is 4.57 Å². The Bertz CT molecular complexity index is 643. The number of aromatic nitrogens is 1. The predicted molar refractivity (Wildman–Crippen MR) is 83.9 cm³/mol. The van der Waals surface area contributed by atoms with Gasteiger partial charge in [-0.25, -0.2) is 4.79 Å². The Labute approximate surface area is 125 Å². The van der Waals surface area contributed by atoms with Gasteiger partial charge in [0, 0.05) is 29.7 Å². The molecule has 0 bridgehead atoms. The van der Waals surface area contributed by atoms with Gasteiger partial charge in [0.25, 0.3) is 0 Å². The number of rotatable bonds is 7. The van der Waals surface area contributed by atoms with E-state index < -0.39 is 5.97 Å². The van der Waals surface area contributed by atoms with E-state index in [0.29, 0.717) is 5.56 Å². The first-order chi connectivity index (χ1) is 10.1. The maximum atomic E-state index is 11.1. The zero-order chi connectivity index (χ0) is 15.4. The molecule has 0 saturated heterocycles. The second-order valence-corrected chi connectivity index (χ2v) is 5.54.